The molecule has 7 nitrogen and oxygen atoms in total. The summed E-state index contributed by atoms with van der Waals surface area (Å²) in [6, 6.07) is 19.6. The highest BCUT2D eigenvalue weighted by atomic mass is 16.5. The third-order valence-corrected chi connectivity index (χ3v) is 3.95. The Balaban J connectivity index is 1.57. The van der Waals surface area contributed by atoms with Crippen LogP contribution in [0.4, 0.5) is 0 Å². The van der Waals surface area contributed by atoms with Gasteiger partial charge < -0.3 is 10.5 Å². The van der Waals surface area contributed by atoms with E-state index >= 15 is 0 Å². The highest BCUT2D eigenvalue weighted by molar-refractivity contribution is 5.28. The summed E-state index contributed by atoms with van der Waals surface area (Å²) >= 11 is 0. The lowest BCUT2D eigenvalue weighted by atomic mass is 10.1. The van der Waals surface area contributed by atoms with Crippen LogP contribution in [0.2, 0.25) is 0 Å². The van der Waals surface area contributed by atoms with Crippen LogP contribution < -0.4 is 10.5 Å². The van der Waals surface area contributed by atoms with E-state index in [2.05, 4.69) is 21.6 Å². The van der Waals surface area contributed by atoms with E-state index in [1.807, 2.05) is 54.6 Å². The van der Waals surface area contributed by atoms with Gasteiger partial charge in [0.2, 0.25) is 0 Å². The maximum Gasteiger partial charge on any atom is 0.168 e. The number of hydrogen-bond donors (Lipinski definition) is 1. The smallest absolute Gasteiger partial charge is 0.168 e. The number of nitriles is 1. The fourth-order valence-electron chi connectivity index (χ4n) is 2.60. The van der Waals surface area contributed by atoms with Crippen molar-refractivity contribution in [3.8, 4) is 11.8 Å². The monoisotopic (exact) mass is 348 g/mol. The number of benzene rings is 2. The first-order valence-electron chi connectivity index (χ1n) is 8.40. The van der Waals surface area contributed by atoms with Gasteiger partial charge in [-0.3, -0.25) is 0 Å². The van der Waals surface area contributed by atoms with Crippen molar-refractivity contribution < 1.29 is 4.74 Å². The highest BCUT2D eigenvalue weighted by Gasteiger charge is 2.15. The largest absolute Gasteiger partial charge is 0.489 e. The first-order chi connectivity index (χ1) is 12.8. The van der Waals surface area contributed by atoms with E-state index in [1.54, 1.807) is 4.68 Å². The van der Waals surface area contributed by atoms with E-state index in [-0.39, 0.29) is 6.04 Å². The molecule has 1 heterocycles. The zero-order valence-corrected chi connectivity index (χ0v) is 14.3. The molecule has 0 aliphatic carbocycles. The molecule has 0 aliphatic rings. The van der Waals surface area contributed by atoms with Crippen molar-refractivity contribution in [1.82, 2.24) is 20.2 Å². The molecule has 2 aromatic carbocycles. The van der Waals surface area contributed by atoms with E-state index in [0.717, 1.165) is 16.9 Å². The van der Waals surface area contributed by atoms with Gasteiger partial charge in [0, 0.05) is 0 Å². The minimum absolute atomic E-state index is 0.334. The average Bonchev–Trinajstić information content (AvgIpc) is 3.15. The Morgan fingerprint density at radius 3 is 2.58 bits per heavy atom. The van der Waals surface area contributed by atoms with Crippen molar-refractivity contribution >= 4 is 0 Å². The molecule has 3 rings (SSSR count). The van der Waals surface area contributed by atoms with Crippen molar-refractivity contribution in [3.05, 3.63) is 71.5 Å². The second-order valence-electron chi connectivity index (χ2n) is 5.90. The van der Waals surface area contributed by atoms with Gasteiger partial charge in [0.15, 0.2) is 5.82 Å². The van der Waals surface area contributed by atoms with E-state index in [4.69, 9.17) is 15.7 Å². The molecule has 0 bridgehead atoms. The molecule has 3 aromatic rings. The molecular weight excluding hydrogens is 328 g/mol. The predicted molar refractivity (Wildman–Crippen MR) is 95.9 cm³/mol. The van der Waals surface area contributed by atoms with Gasteiger partial charge >= 0.3 is 0 Å². The molecule has 0 spiro atoms. The van der Waals surface area contributed by atoms with Crippen molar-refractivity contribution in [2.45, 2.75) is 32.0 Å². The van der Waals surface area contributed by atoms with Crippen LogP contribution in [0, 0.1) is 11.3 Å². The fraction of sp³-hybridized carbons (Fsp3) is 0.263. The first kappa shape index (κ1) is 17.6. The molecule has 0 radical (unpaired) electrons. The third kappa shape index (κ3) is 4.65. The fourth-order valence-corrected chi connectivity index (χ4v) is 2.60. The Hall–Kier alpha value is -3.24. The maximum atomic E-state index is 8.70. The van der Waals surface area contributed by atoms with Crippen molar-refractivity contribution in [2.75, 3.05) is 0 Å². The highest BCUT2D eigenvalue weighted by Crippen LogP contribution is 2.18. The molecule has 7 heteroatoms. The molecule has 1 atom stereocenters. The number of rotatable bonds is 8. The number of tetrazole rings is 1. The lowest BCUT2D eigenvalue weighted by molar-refractivity contribution is 0.306. The summed E-state index contributed by atoms with van der Waals surface area (Å²) in [5, 5.41) is 20.2. The first-order valence-corrected chi connectivity index (χ1v) is 8.40. The number of nitrogens with two attached hydrogens (primary N) is 1. The lowest BCUT2D eigenvalue weighted by Crippen LogP contribution is -2.19. The summed E-state index contributed by atoms with van der Waals surface area (Å²) in [4.78, 5) is 0. The van der Waals surface area contributed by atoms with Crippen LogP contribution in [0.25, 0.3) is 0 Å². The van der Waals surface area contributed by atoms with Crippen LogP contribution in [0.15, 0.2) is 54.6 Å². The van der Waals surface area contributed by atoms with Crippen LogP contribution in [0.1, 0.15) is 29.4 Å². The molecule has 1 aromatic heterocycles. The number of ether oxygens (including phenoxy) is 1. The molecule has 2 N–H and O–H groups in total. The molecule has 0 amide bonds. The molecule has 0 saturated heterocycles. The molecule has 0 saturated carbocycles. The number of aromatic nitrogens is 4. The summed E-state index contributed by atoms with van der Waals surface area (Å²) < 4.78 is 7.38. The van der Waals surface area contributed by atoms with Gasteiger partial charge in [0.05, 0.1) is 25.1 Å². The van der Waals surface area contributed by atoms with E-state index < -0.39 is 0 Å². The van der Waals surface area contributed by atoms with Crippen LogP contribution in [-0.4, -0.2) is 20.2 Å². The SMILES string of the molecule is N#CCCn1nnnc1C(N)Cc1ccc(OCc2ccccc2)cc1. The zero-order chi connectivity index (χ0) is 18.2. The van der Waals surface area contributed by atoms with Crippen molar-refractivity contribution in [3.63, 3.8) is 0 Å². The van der Waals surface area contributed by atoms with E-state index in [1.165, 1.54) is 0 Å². The average molecular weight is 348 g/mol. The van der Waals surface area contributed by atoms with Gasteiger partial charge in [0.25, 0.3) is 0 Å². The molecule has 0 aliphatic heterocycles. The van der Waals surface area contributed by atoms with Gasteiger partial charge in [-0.1, -0.05) is 42.5 Å². The second-order valence-corrected chi connectivity index (χ2v) is 5.90. The number of hydrogen-bond acceptors (Lipinski definition) is 6. The van der Waals surface area contributed by atoms with Gasteiger partial charge in [0.1, 0.15) is 12.4 Å². The summed E-state index contributed by atoms with van der Waals surface area (Å²) in [7, 11) is 0. The normalized spacial score (nSPS) is 11.7. The number of aryl methyl sites for hydroxylation is 1. The Morgan fingerprint density at radius 1 is 1.08 bits per heavy atom. The van der Waals surface area contributed by atoms with E-state index in [0.29, 0.717) is 31.8 Å². The van der Waals surface area contributed by atoms with Gasteiger partial charge in [-0.05, 0) is 40.1 Å². The van der Waals surface area contributed by atoms with Crippen molar-refractivity contribution in [2.24, 2.45) is 5.73 Å². The van der Waals surface area contributed by atoms with Crippen LogP contribution >= 0.6 is 0 Å². The predicted octanol–water partition coefficient (Wildman–Crippen LogP) is 2.41. The summed E-state index contributed by atoms with van der Waals surface area (Å²) in [6.45, 7) is 0.978. The van der Waals surface area contributed by atoms with Crippen LogP contribution in [-0.2, 0) is 19.6 Å². The third-order valence-electron chi connectivity index (χ3n) is 3.95. The van der Waals surface area contributed by atoms with Gasteiger partial charge in [-0.25, -0.2) is 4.68 Å². The summed E-state index contributed by atoms with van der Waals surface area (Å²) in [5.74, 6) is 1.40. The van der Waals surface area contributed by atoms with Crippen LogP contribution in [0.3, 0.4) is 0 Å². The summed E-state index contributed by atoms with van der Waals surface area (Å²) in [5.41, 5.74) is 8.44. The zero-order valence-electron chi connectivity index (χ0n) is 14.3. The maximum absolute atomic E-state index is 8.70. The molecular formula is C19H20N6O. The Bertz CT molecular complexity index is 854. The van der Waals surface area contributed by atoms with Crippen molar-refractivity contribution in [1.29, 1.82) is 5.26 Å². The minimum atomic E-state index is -0.334. The number of nitrogens with zero attached hydrogens (tertiary/aromatic N) is 5. The second kappa shape index (κ2) is 8.74. The van der Waals surface area contributed by atoms with Crippen LogP contribution in [0.5, 0.6) is 5.75 Å². The standard InChI is InChI=1S/C19H20N6O/c20-11-4-12-25-19(22-23-24-25)18(21)13-15-7-9-17(10-8-15)26-14-16-5-2-1-3-6-16/h1-3,5-10,18H,4,12-14,21H2. The topological polar surface area (TPSA) is 103 Å². The summed E-state index contributed by atoms with van der Waals surface area (Å²) in [6.07, 6.45) is 0.949. The Morgan fingerprint density at radius 2 is 1.85 bits per heavy atom. The molecule has 132 valence electrons. The van der Waals surface area contributed by atoms with E-state index in [9.17, 15) is 0 Å². The Labute approximate surface area is 152 Å². The minimum Gasteiger partial charge on any atom is -0.489 e. The molecule has 26 heavy (non-hydrogen) atoms. The molecule has 0 fully saturated rings. The van der Waals surface area contributed by atoms with Gasteiger partial charge in [-0.15, -0.1) is 5.10 Å². The lowest BCUT2D eigenvalue weighted by Gasteiger charge is -2.12. The Kier molecular flexibility index (Phi) is 5.91. The quantitative estimate of drug-likeness (QED) is 0.670. The molecule has 1 unspecified atom stereocenters. The van der Waals surface area contributed by atoms with Gasteiger partial charge in [-0.2, -0.15) is 5.26 Å².